The third-order valence-electron chi connectivity index (χ3n) is 5.31. The fourth-order valence-electron chi connectivity index (χ4n) is 3.75. The molecule has 0 aliphatic heterocycles. The number of rotatable bonds is 8. The first kappa shape index (κ1) is 28.3. The molecule has 3 rings (SSSR count). The van der Waals surface area contributed by atoms with Gasteiger partial charge in [0, 0.05) is 23.1 Å². The number of nitrogens with zero attached hydrogens (tertiary/aromatic N) is 1. The van der Waals surface area contributed by atoms with E-state index in [1.165, 1.54) is 20.3 Å². The molecule has 0 bridgehead atoms. The van der Waals surface area contributed by atoms with E-state index in [1.807, 2.05) is 60.7 Å². The molecule has 0 amide bonds. The van der Waals surface area contributed by atoms with Crippen molar-refractivity contribution in [3.05, 3.63) is 98.4 Å². The first-order valence-corrected chi connectivity index (χ1v) is 12.7. The molecule has 0 saturated heterocycles. The second-order valence-electron chi connectivity index (χ2n) is 9.19. The summed E-state index contributed by atoms with van der Waals surface area (Å²) in [6.45, 7) is 5.30. The zero-order valence-corrected chi connectivity index (χ0v) is 23.5. The van der Waals surface area contributed by atoms with Crippen LogP contribution in [0.1, 0.15) is 47.8 Å². The number of carbonyl (C=O) groups is 2. The lowest BCUT2D eigenvalue weighted by Crippen LogP contribution is -2.33. The summed E-state index contributed by atoms with van der Waals surface area (Å²) in [6, 6.07) is 19.1. The lowest BCUT2D eigenvalue weighted by atomic mass is 9.99. The summed E-state index contributed by atoms with van der Waals surface area (Å²) in [5, 5.41) is 0. The van der Waals surface area contributed by atoms with E-state index in [0.717, 1.165) is 11.1 Å². The van der Waals surface area contributed by atoms with Crippen molar-refractivity contribution in [3.63, 3.8) is 0 Å². The van der Waals surface area contributed by atoms with Crippen molar-refractivity contribution in [2.45, 2.75) is 38.8 Å². The largest absolute Gasteiger partial charge is 0.496 e. The lowest BCUT2D eigenvalue weighted by Gasteiger charge is -2.24. The number of methoxy groups -OCH3 is 2. The Kier molecular flexibility index (Phi) is 9.42. The van der Waals surface area contributed by atoms with Crippen molar-refractivity contribution >= 4 is 40.2 Å². The standard InChI is InChI=1S/C29H29FINO5/c1-29(2,3)37-27(33)22(17-20-16-21(30)24(31)23(26(20)35-4)28(34)36-5)32-25(18-12-8-6-9-13-18)19-14-10-7-11-15-19/h6-16,22H,17H2,1-5H3. The van der Waals surface area contributed by atoms with Gasteiger partial charge in [0.2, 0.25) is 0 Å². The van der Waals surface area contributed by atoms with Crippen molar-refractivity contribution < 1.29 is 28.2 Å². The number of ether oxygens (including phenoxy) is 3. The molecule has 194 valence electrons. The van der Waals surface area contributed by atoms with Gasteiger partial charge < -0.3 is 14.2 Å². The number of benzene rings is 3. The Morgan fingerprint density at radius 2 is 1.51 bits per heavy atom. The molecular formula is C29H29FINO5. The van der Waals surface area contributed by atoms with Gasteiger partial charge in [-0.05, 0) is 49.4 Å². The Hall–Kier alpha value is -3.27. The quantitative estimate of drug-likeness (QED) is 0.176. The van der Waals surface area contributed by atoms with Crippen molar-refractivity contribution in [1.29, 1.82) is 0 Å². The van der Waals surface area contributed by atoms with Crippen molar-refractivity contribution in [1.82, 2.24) is 0 Å². The summed E-state index contributed by atoms with van der Waals surface area (Å²) in [4.78, 5) is 30.8. The number of aliphatic imine (C=N–C) groups is 1. The van der Waals surface area contributed by atoms with Crippen LogP contribution in [0, 0.1) is 9.39 Å². The molecule has 0 fully saturated rings. The normalized spacial score (nSPS) is 11.9. The van der Waals surface area contributed by atoms with E-state index in [4.69, 9.17) is 19.2 Å². The van der Waals surface area contributed by atoms with Gasteiger partial charge in [0.15, 0.2) is 6.04 Å². The Balaban J connectivity index is 2.21. The zero-order valence-electron chi connectivity index (χ0n) is 21.4. The van der Waals surface area contributed by atoms with Crippen molar-refractivity contribution in [2.75, 3.05) is 14.2 Å². The van der Waals surface area contributed by atoms with Crippen LogP contribution in [0.3, 0.4) is 0 Å². The number of hydrogen-bond donors (Lipinski definition) is 0. The number of halogens is 2. The molecule has 0 spiro atoms. The number of hydrogen-bond acceptors (Lipinski definition) is 6. The van der Waals surface area contributed by atoms with Crippen LogP contribution in [0.5, 0.6) is 5.75 Å². The SMILES string of the molecule is COC(=O)c1c(I)c(F)cc(CC(N=C(c2ccccc2)c2ccccc2)C(=O)OC(C)(C)C)c1OC. The van der Waals surface area contributed by atoms with Gasteiger partial charge in [0.1, 0.15) is 22.7 Å². The average Bonchev–Trinajstić information content (AvgIpc) is 2.87. The molecule has 3 aromatic carbocycles. The minimum absolute atomic E-state index is 0.0427. The predicted octanol–water partition coefficient (Wildman–Crippen LogP) is 6.02. The Bertz CT molecular complexity index is 1250. The number of esters is 2. The first-order chi connectivity index (χ1) is 17.6. The summed E-state index contributed by atoms with van der Waals surface area (Å²) in [5.41, 5.74) is 1.66. The van der Waals surface area contributed by atoms with Crippen LogP contribution in [0.4, 0.5) is 4.39 Å². The van der Waals surface area contributed by atoms with E-state index in [9.17, 15) is 14.0 Å². The summed E-state index contributed by atoms with van der Waals surface area (Å²) < 4.78 is 31.1. The van der Waals surface area contributed by atoms with Gasteiger partial charge >= 0.3 is 11.9 Å². The monoisotopic (exact) mass is 617 g/mol. The molecule has 0 aliphatic carbocycles. The zero-order chi connectivity index (χ0) is 27.2. The van der Waals surface area contributed by atoms with Crippen LogP contribution in [0.25, 0.3) is 0 Å². The first-order valence-electron chi connectivity index (χ1n) is 11.6. The highest BCUT2D eigenvalue weighted by molar-refractivity contribution is 14.1. The Morgan fingerprint density at radius 1 is 0.973 bits per heavy atom. The van der Waals surface area contributed by atoms with Crippen LogP contribution in [-0.2, 0) is 20.7 Å². The topological polar surface area (TPSA) is 74.2 Å². The summed E-state index contributed by atoms with van der Waals surface area (Å²) in [7, 11) is 2.59. The smallest absolute Gasteiger partial charge is 0.342 e. The molecule has 0 N–H and O–H groups in total. The Morgan fingerprint density at radius 3 is 1.97 bits per heavy atom. The highest BCUT2D eigenvalue weighted by atomic mass is 127. The van der Waals surface area contributed by atoms with Crippen molar-refractivity contribution in [3.8, 4) is 5.75 Å². The fourth-order valence-corrected chi connectivity index (χ4v) is 4.37. The van der Waals surface area contributed by atoms with Gasteiger partial charge in [0.25, 0.3) is 0 Å². The maximum atomic E-state index is 14.9. The van der Waals surface area contributed by atoms with Gasteiger partial charge in [0.05, 0.1) is 23.5 Å². The lowest BCUT2D eigenvalue weighted by molar-refractivity contribution is -0.156. The number of carbonyl (C=O) groups excluding carboxylic acids is 2. The van der Waals surface area contributed by atoms with Gasteiger partial charge in [-0.3, -0.25) is 4.99 Å². The van der Waals surface area contributed by atoms with Crippen LogP contribution in [-0.4, -0.2) is 43.5 Å². The van der Waals surface area contributed by atoms with Gasteiger partial charge in [-0.2, -0.15) is 0 Å². The second-order valence-corrected chi connectivity index (χ2v) is 10.3. The molecule has 0 heterocycles. The molecule has 8 heteroatoms. The molecule has 1 atom stereocenters. The van der Waals surface area contributed by atoms with Crippen LogP contribution in [0.2, 0.25) is 0 Å². The maximum absolute atomic E-state index is 14.9. The molecule has 0 radical (unpaired) electrons. The predicted molar refractivity (Wildman–Crippen MR) is 149 cm³/mol. The van der Waals surface area contributed by atoms with E-state index in [0.29, 0.717) is 11.3 Å². The molecule has 0 saturated carbocycles. The van der Waals surface area contributed by atoms with E-state index in [-0.39, 0.29) is 21.3 Å². The van der Waals surface area contributed by atoms with Crippen molar-refractivity contribution in [2.24, 2.45) is 4.99 Å². The molecule has 0 aromatic heterocycles. The van der Waals surface area contributed by atoms with E-state index < -0.39 is 29.4 Å². The summed E-state index contributed by atoms with van der Waals surface area (Å²) >= 11 is 1.73. The van der Waals surface area contributed by atoms with E-state index in [1.54, 1.807) is 43.4 Å². The third kappa shape index (κ3) is 7.15. The Labute approximate surface area is 230 Å². The fraction of sp³-hybridized carbons (Fsp3) is 0.276. The third-order valence-corrected chi connectivity index (χ3v) is 6.37. The highest BCUT2D eigenvalue weighted by Gasteiger charge is 2.30. The van der Waals surface area contributed by atoms with Gasteiger partial charge in [-0.1, -0.05) is 60.7 Å². The average molecular weight is 617 g/mol. The second kappa shape index (κ2) is 12.3. The minimum atomic E-state index is -1.06. The molecule has 1 unspecified atom stereocenters. The maximum Gasteiger partial charge on any atom is 0.342 e. The minimum Gasteiger partial charge on any atom is -0.496 e. The van der Waals surface area contributed by atoms with Gasteiger partial charge in [-0.15, -0.1) is 0 Å². The molecule has 3 aromatic rings. The van der Waals surface area contributed by atoms with E-state index >= 15 is 0 Å². The van der Waals surface area contributed by atoms with Crippen LogP contribution < -0.4 is 4.74 Å². The summed E-state index contributed by atoms with van der Waals surface area (Å²) in [5.74, 6) is -1.83. The molecule has 0 aliphatic rings. The molecular weight excluding hydrogens is 588 g/mol. The van der Waals surface area contributed by atoms with Gasteiger partial charge in [-0.25, -0.2) is 14.0 Å². The molecule has 37 heavy (non-hydrogen) atoms. The van der Waals surface area contributed by atoms with Crippen LogP contribution >= 0.6 is 22.6 Å². The van der Waals surface area contributed by atoms with Crippen LogP contribution in [0.15, 0.2) is 71.7 Å². The highest BCUT2D eigenvalue weighted by Crippen LogP contribution is 2.33. The summed E-state index contributed by atoms with van der Waals surface area (Å²) in [6.07, 6.45) is -0.0703. The molecule has 6 nitrogen and oxygen atoms in total. The van der Waals surface area contributed by atoms with E-state index in [2.05, 4.69) is 0 Å².